The highest BCUT2D eigenvalue weighted by Crippen LogP contribution is 2.32. The molecule has 270 valence electrons. The number of esters is 1. The fourth-order valence-corrected chi connectivity index (χ4v) is 7.10. The van der Waals surface area contributed by atoms with Crippen LogP contribution >= 0.6 is 11.8 Å². The van der Waals surface area contributed by atoms with E-state index in [-0.39, 0.29) is 42.3 Å². The van der Waals surface area contributed by atoms with Crippen molar-refractivity contribution in [1.82, 2.24) is 14.7 Å². The molecule has 2 fully saturated rings. The Bertz CT molecular complexity index is 1690. The zero-order valence-corrected chi connectivity index (χ0v) is 28.9. The van der Waals surface area contributed by atoms with Gasteiger partial charge in [-0.1, -0.05) is 12.1 Å². The van der Waals surface area contributed by atoms with Gasteiger partial charge in [-0.05, 0) is 65.9 Å². The first kappa shape index (κ1) is 37.0. The van der Waals surface area contributed by atoms with E-state index >= 15 is 0 Å². The van der Waals surface area contributed by atoms with E-state index in [4.69, 9.17) is 14.2 Å². The van der Waals surface area contributed by atoms with E-state index in [0.717, 1.165) is 11.3 Å². The average molecular weight is 722 g/mol. The zero-order valence-electron chi connectivity index (χ0n) is 28.1. The Morgan fingerprint density at radius 1 is 0.784 bits per heavy atom. The molecule has 2 atom stereocenters. The molecular formula is C35H39N5O10S. The van der Waals surface area contributed by atoms with Crippen molar-refractivity contribution < 1.29 is 38.4 Å². The van der Waals surface area contributed by atoms with Crippen LogP contribution in [0.3, 0.4) is 0 Å². The number of thioether (sulfide) groups is 1. The van der Waals surface area contributed by atoms with Crippen molar-refractivity contribution in [2.24, 2.45) is 0 Å². The Kier molecular flexibility index (Phi) is 12.8. The molecule has 0 bridgehead atoms. The van der Waals surface area contributed by atoms with Crippen LogP contribution in [0, 0.1) is 20.2 Å². The van der Waals surface area contributed by atoms with Crippen molar-refractivity contribution in [3.8, 4) is 5.75 Å². The predicted molar refractivity (Wildman–Crippen MR) is 187 cm³/mol. The van der Waals surface area contributed by atoms with Gasteiger partial charge >= 0.3 is 12.1 Å². The highest BCUT2D eigenvalue weighted by atomic mass is 32.2. The molecule has 0 unspecified atom stereocenters. The predicted octanol–water partition coefficient (Wildman–Crippen LogP) is 4.80. The molecule has 16 heteroatoms. The molecule has 0 aromatic heterocycles. The number of non-ortho nitro benzene ring substituents is 2. The van der Waals surface area contributed by atoms with Crippen LogP contribution in [0.25, 0.3) is 0 Å². The largest absolute Gasteiger partial charge is 0.497 e. The third kappa shape index (κ3) is 10.4. The molecule has 15 nitrogen and oxygen atoms in total. The van der Waals surface area contributed by atoms with E-state index in [9.17, 15) is 34.6 Å². The molecule has 3 aromatic carbocycles. The molecule has 2 saturated heterocycles. The van der Waals surface area contributed by atoms with E-state index in [1.54, 1.807) is 35.9 Å². The maximum atomic E-state index is 14.0. The van der Waals surface area contributed by atoms with Crippen molar-refractivity contribution in [3.05, 3.63) is 110 Å². The van der Waals surface area contributed by atoms with Crippen LogP contribution < -0.4 is 4.74 Å². The Balaban J connectivity index is 1.17. The Hall–Kier alpha value is -5.22. The SMILES string of the molecule is COc1ccc(CS[C@H]2C[C@@H](C(=O)N3CCCN(CC(=O)OCc4ccc([N+](=O)[O-])cc4)CC3)N(C(=O)OCc3ccc([N+](=O)[O-])cc3)C2)cc1. The van der Waals surface area contributed by atoms with Gasteiger partial charge in [-0.25, -0.2) is 4.79 Å². The van der Waals surface area contributed by atoms with Gasteiger partial charge in [0.05, 0.1) is 23.5 Å². The summed E-state index contributed by atoms with van der Waals surface area (Å²) < 4.78 is 16.2. The first-order valence-corrected chi connectivity index (χ1v) is 17.5. The first-order chi connectivity index (χ1) is 24.6. The number of nitro benzene ring substituents is 2. The fraction of sp³-hybridized carbons (Fsp3) is 0.400. The minimum Gasteiger partial charge on any atom is -0.497 e. The number of nitrogens with zero attached hydrogens (tertiary/aromatic N) is 5. The van der Waals surface area contributed by atoms with E-state index in [2.05, 4.69) is 0 Å². The number of carbonyl (C=O) groups is 3. The summed E-state index contributed by atoms with van der Waals surface area (Å²) in [6, 6.07) is 18.5. The Morgan fingerprint density at radius 2 is 1.37 bits per heavy atom. The molecule has 3 aromatic rings. The van der Waals surface area contributed by atoms with Gasteiger partial charge in [0.25, 0.3) is 11.4 Å². The number of methoxy groups -OCH3 is 1. The molecule has 0 radical (unpaired) electrons. The number of nitro groups is 2. The van der Waals surface area contributed by atoms with Crippen molar-refractivity contribution in [2.45, 2.75) is 43.1 Å². The molecule has 0 aliphatic carbocycles. The van der Waals surface area contributed by atoms with Crippen LogP contribution in [0.2, 0.25) is 0 Å². The zero-order chi connectivity index (χ0) is 36.3. The van der Waals surface area contributed by atoms with Gasteiger partial charge < -0.3 is 19.1 Å². The summed E-state index contributed by atoms with van der Waals surface area (Å²) in [5, 5.41) is 21.8. The highest BCUT2D eigenvalue weighted by molar-refractivity contribution is 7.99. The molecule has 0 N–H and O–H groups in total. The van der Waals surface area contributed by atoms with Crippen LogP contribution in [0.1, 0.15) is 29.5 Å². The van der Waals surface area contributed by atoms with Gasteiger partial charge in [0.1, 0.15) is 25.0 Å². The Morgan fingerprint density at radius 3 is 1.96 bits per heavy atom. The van der Waals surface area contributed by atoms with E-state index < -0.39 is 28.0 Å². The molecule has 2 aliphatic heterocycles. The maximum Gasteiger partial charge on any atom is 0.410 e. The summed E-state index contributed by atoms with van der Waals surface area (Å²) in [5.41, 5.74) is 2.19. The lowest BCUT2D eigenvalue weighted by Gasteiger charge is -2.29. The third-order valence-corrected chi connectivity index (χ3v) is 10.0. The second-order valence-corrected chi connectivity index (χ2v) is 13.5. The number of hydrogen-bond acceptors (Lipinski definition) is 12. The first-order valence-electron chi connectivity index (χ1n) is 16.4. The Labute approximate surface area is 298 Å². The van der Waals surface area contributed by atoms with Crippen LogP contribution in [0.15, 0.2) is 72.8 Å². The fourth-order valence-electron chi connectivity index (χ4n) is 5.90. The third-order valence-electron chi connectivity index (χ3n) is 8.74. The molecule has 2 aliphatic rings. The van der Waals surface area contributed by atoms with Gasteiger partial charge in [0.2, 0.25) is 5.91 Å². The van der Waals surface area contributed by atoms with Crippen molar-refractivity contribution in [1.29, 1.82) is 0 Å². The van der Waals surface area contributed by atoms with Crippen molar-refractivity contribution in [2.75, 3.05) is 46.4 Å². The molecule has 51 heavy (non-hydrogen) atoms. The summed E-state index contributed by atoms with van der Waals surface area (Å²) in [5.74, 6) is 0.813. The lowest BCUT2D eigenvalue weighted by atomic mass is 10.2. The minimum atomic E-state index is -0.735. The quantitative estimate of drug-likeness (QED) is 0.134. The van der Waals surface area contributed by atoms with Gasteiger partial charge in [-0.3, -0.25) is 39.6 Å². The maximum absolute atomic E-state index is 14.0. The van der Waals surface area contributed by atoms with Gasteiger partial charge in [-0.2, -0.15) is 11.8 Å². The highest BCUT2D eigenvalue weighted by Gasteiger charge is 2.42. The summed E-state index contributed by atoms with van der Waals surface area (Å²) >= 11 is 1.66. The number of benzene rings is 3. The number of hydrogen-bond donors (Lipinski definition) is 0. The van der Waals surface area contributed by atoms with Crippen LogP contribution in [0.4, 0.5) is 16.2 Å². The monoisotopic (exact) mass is 721 g/mol. The second kappa shape index (κ2) is 17.6. The molecule has 2 heterocycles. The van der Waals surface area contributed by atoms with Crippen LogP contribution in [-0.4, -0.2) is 100 Å². The molecule has 5 rings (SSSR count). The normalized spacial score (nSPS) is 17.7. The average Bonchev–Trinajstić information content (AvgIpc) is 3.44. The number of rotatable bonds is 13. The number of ether oxygens (including phenoxy) is 3. The van der Waals surface area contributed by atoms with Gasteiger partial charge in [0.15, 0.2) is 0 Å². The second-order valence-electron chi connectivity index (χ2n) is 12.2. The minimum absolute atomic E-state index is 0.00920. The molecular weight excluding hydrogens is 682 g/mol. The van der Waals surface area contributed by atoms with Crippen molar-refractivity contribution in [3.63, 3.8) is 0 Å². The van der Waals surface area contributed by atoms with Crippen LogP contribution in [-0.2, 0) is 38.0 Å². The summed E-state index contributed by atoms with van der Waals surface area (Å²) in [6.07, 6.45) is 0.432. The van der Waals surface area contributed by atoms with Gasteiger partial charge in [-0.15, -0.1) is 0 Å². The molecule has 0 saturated carbocycles. The number of amides is 2. The smallest absolute Gasteiger partial charge is 0.410 e. The lowest BCUT2D eigenvalue weighted by molar-refractivity contribution is -0.385. The van der Waals surface area contributed by atoms with E-state index in [0.29, 0.717) is 62.4 Å². The molecule has 0 spiro atoms. The number of carbonyl (C=O) groups excluding carboxylic acids is 3. The van der Waals surface area contributed by atoms with E-state index in [1.807, 2.05) is 29.2 Å². The van der Waals surface area contributed by atoms with E-state index in [1.165, 1.54) is 41.3 Å². The van der Waals surface area contributed by atoms with Crippen LogP contribution in [0.5, 0.6) is 5.75 Å². The summed E-state index contributed by atoms with van der Waals surface area (Å²) in [4.78, 5) is 66.1. The summed E-state index contributed by atoms with van der Waals surface area (Å²) in [7, 11) is 1.61. The molecule has 2 amide bonds. The standard InChI is InChI=1S/C35H39N5O10S/c1-48-30-13-7-27(8-14-30)24-51-31-19-32(38(20-31)35(43)50-23-26-5-11-29(12-6-26)40(46)47)34(42)37-16-2-15-36(17-18-37)21-33(41)49-22-25-3-9-28(10-4-25)39(44)45/h3-14,31-32H,2,15-24H2,1H3/t31-,32-/m0/s1. The summed E-state index contributed by atoms with van der Waals surface area (Å²) in [6.45, 7) is 2.06. The van der Waals surface area contributed by atoms with Crippen molar-refractivity contribution >= 4 is 41.1 Å². The van der Waals surface area contributed by atoms with Gasteiger partial charge in [0, 0.05) is 68.0 Å². The lowest BCUT2D eigenvalue weighted by Crippen LogP contribution is -2.49. The number of likely N-dealkylation sites (tertiary alicyclic amines) is 1. The topological polar surface area (TPSA) is 175 Å².